The van der Waals surface area contributed by atoms with E-state index in [1.165, 1.54) is 24.3 Å². The molecule has 4 rings (SSSR count). The summed E-state index contributed by atoms with van der Waals surface area (Å²) in [7, 11) is 0. The molecule has 2 heterocycles. The number of benzene rings is 2. The number of carbonyl (C=O) groups is 2. The molecule has 2 fully saturated rings. The average Bonchev–Trinajstić information content (AvgIpc) is 2.79. The second kappa shape index (κ2) is 8.85. The quantitative estimate of drug-likeness (QED) is 0.625. The maximum Gasteiger partial charge on any atom is 0.430 e. The van der Waals surface area contributed by atoms with Crippen molar-refractivity contribution < 1.29 is 32.3 Å². The third-order valence-electron chi connectivity index (χ3n) is 7.06. The number of hydrogen-bond acceptors (Lipinski definition) is 3. The lowest BCUT2D eigenvalue weighted by molar-refractivity contribution is -0.262. The molecule has 0 radical (unpaired) electrons. The minimum absolute atomic E-state index is 0.0597. The molecule has 10 heteroatoms. The number of likely N-dealkylation sites (tertiary alicyclic amines) is 1. The highest BCUT2D eigenvalue weighted by molar-refractivity contribution is 6.30. The lowest BCUT2D eigenvalue weighted by Crippen LogP contribution is -2.59. The summed E-state index contributed by atoms with van der Waals surface area (Å²) < 4.78 is 55.4. The summed E-state index contributed by atoms with van der Waals surface area (Å²) in [5.74, 6) is -2.21. The Morgan fingerprint density at radius 2 is 1.65 bits per heavy atom. The molecule has 182 valence electrons. The molecule has 2 aromatic carbocycles. The molecule has 1 spiro atoms. The van der Waals surface area contributed by atoms with Gasteiger partial charge in [0, 0.05) is 42.6 Å². The predicted molar refractivity (Wildman–Crippen MR) is 116 cm³/mol. The highest BCUT2D eigenvalue weighted by Gasteiger charge is 2.62. The van der Waals surface area contributed by atoms with Crippen LogP contribution in [0.1, 0.15) is 36.3 Å². The molecule has 2 atom stereocenters. The van der Waals surface area contributed by atoms with Crippen LogP contribution in [0.5, 0.6) is 0 Å². The minimum atomic E-state index is -5.26. The van der Waals surface area contributed by atoms with E-state index in [9.17, 15) is 32.3 Å². The fourth-order valence-corrected chi connectivity index (χ4v) is 5.24. The molecule has 2 aliphatic heterocycles. The van der Waals surface area contributed by atoms with Crippen molar-refractivity contribution in [2.45, 2.75) is 37.0 Å². The largest absolute Gasteiger partial charge is 0.430 e. The first-order valence-electron chi connectivity index (χ1n) is 10.8. The fourth-order valence-electron chi connectivity index (χ4n) is 5.11. The van der Waals surface area contributed by atoms with Crippen LogP contribution in [0.15, 0.2) is 48.5 Å². The number of piperidine rings is 2. The summed E-state index contributed by atoms with van der Waals surface area (Å²) in [6.07, 6.45) is -4.57. The molecule has 5 nitrogen and oxygen atoms in total. The van der Waals surface area contributed by atoms with E-state index >= 15 is 0 Å². The molecule has 0 aliphatic carbocycles. The number of aliphatic hydroxyl groups is 1. The van der Waals surface area contributed by atoms with Crippen molar-refractivity contribution in [2.24, 2.45) is 5.41 Å². The van der Waals surface area contributed by atoms with Crippen molar-refractivity contribution in [2.75, 3.05) is 19.6 Å². The zero-order valence-electron chi connectivity index (χ0n) is 18.0. The Hall–Kier alpha value is -2.65. The number of alkyl halides is 3. The molecule has 2 aromatic rings. The van der Waals surface area contributed by atoms with Gasteiger partial charge >= 0.3 is 6.18 Å². The SMILES string of the molecule is O=C1CC2(CCN(C(=O)[C@](O)(c3ccc(Cl)cc3)C(F)(F)F)CC2)[C@@H](c2ccc(F)cc2)CN1. The fraction of sp³-hybridized carbons (Fsp3) is 0.417. The van der Waals surface area contributed by atoms with E-state index in [0.29, 0.717) is 6.54 Å². The van der Waals surface area contributed by atoms with Crippen LogP contribution in [0, 0.1) is 11.2 Å². The second-order valence-corrected chi connectivity index (χ2v) is 9.39. The van der Waals surface area contributed by atoms with Crippen molar-refractivity contribution in [1.82, 2.24) is 10.2 Å². The molecule has 34 heavy (non-hydrogen) atoms. The van der Waals surface area contributed by atoms with Gasteiger partial charge in [-0.2, -0.15) is 13.2 Å². The van der Waals surface area contributed by atoms with Gasteiger partial charge in [0.2, 0.25) is 5.91 Å². The van der Waals surface area contributed by atoms with Crippen LogP contribution in [-0.2, 0) is 15.2 Å². The van der Waals surface area contributed by atoms with Crippen molar-refractivity contribution in [3.63, 3.8) is 0 Å². The van der Waals surface area contributed by atoms with Crippen LogP contribution < -0.4 is 5.32 Å². The smallest absolute Gasteiger partial charge is 0.369 e. The second-order valence-electron chi connectivity index (χ2n) is 8.95. The molecule has 2 aliphatic rings. The highest BCUT2D eigenvalue weighted by atomic mass is 35.5. The minimum Gasteiger partial charge on any atom is -0.369 e. The predicted octanol–water partition coefficient (Wildman–Crippen LogP) is 4.14. The van der Waals surface area contributed by atoms with Crippen LogP contribution >= 0.6 is 11.6 Å². The van der Waals surface area contributed by atoms with E-state index in [0.717, 1.165) is 22.6 Å². The van der Waals surface area contributed by atoms with Crippen molar-refractivity contribution in [1.29, 1.82) is 0 Å². The summed E-state index contributed by atoms with van der Waals surface area (Å²) in [6, 6.07) is 10.3. The maximum atomic E-state index is 14.0. The van der Waals surface area contributed by atoms with Crippen molar-refractivity contribution >= 4 is 23.4 Å². The number of halogens is 5. The van der Waals surface area contributed by atoms with Crippen molar-refractivity contribution in [3.05, 3.63) is 70.5 Å². The molecular weight excluding hydrogens is 476 g/mol. The first-order chi connectivity index (χ1) is 16.0. The molecule has 0 saturated carbocycles. The van der Waals surface area contributed by atoms with Gasteiger partial charge in [0.05, 0.1) is 0 Å². The van der Waals surface area contributed by atoms with Gasteiger partial charge in [-0.25, -0.2) is 4.39 Å². The summed E-state index contributed by atoms with van der Waals surface area (Å²) in [4.78, 5) is 26.3. The average molecular weight is 499 g/mol. The van der Waals surface area contributed by atoms with Gasteiger partial charge in [-0.1, -0.05) is 35.9 Å². The summed E-state index contributed by atoms with van der Waals surface area (Å²) in [5, 5.41) is 13.6. The number of amides is 2. The normalized spacial score (nSPS) is 22.2. The van der Waals surface area contributed by atoms with E-state index in [2.05, 4.69) is 5.32 Å². The first kappa shape index (κ1) is 24.5. The number of rotatable bonds is 3. The van der Waals surface area contributed by atoms with Crippen LogP contribution in [0.25, 0.3) is 0 Å². The number of nitrogens with one attached hydrogen (secondary N) is 1. The topological polar surface area (TPSA) is 69.6 Å². The van der Waals surface area contributed by atoms with E-state index < -0.39 is 34.5 Å². The van der Waals surface area contributed by atoms with Crippen LogP contribution in [0.2, 0.25) is 5.02 Å². The molecule has 0 aromatic heterocycles. The highest BCUT2D eigenvalue weighted by Crippen LogP contribution is 2.50. The Labute approximate surface area is 198 Å². The first-order valence-corrected chi connectivity index (χ1v) is 11.2. The van der Waals surface area contributed by atoms with Crippen molar-refractivity contribution in [3.8, 4) is 0 Å². The Bertz CT molecular complexity index is 1070. The summed E-state index contributed by atoms with van der Waals surface area (Å²) in [6.45, 7) is 0.196. The van der Waals surface area contributed by atoms with E-state index in [1.54, 1.807) is 12.1 Å². The van der Waals surface area contributed by atoms with Crippen LogP contribution in [0.4, 0.5) is 17.6 Å². The molecule has 2 saturated heterocycles. The zero-order chi connectivity index (χ0) is 24.7. The Morgan fingerprint density at radius 3 is 2.21 bits per heavy atom. The molecular formula is C24H23ClF4N2O3. The third kappa shape index (κ3) is 4.27. The number of nitrogens with zero attached hydrogens (tertiary/aromatic N) is 1. The van der Waals surface area contributed by atoms with E-state index in [-0.39, 0.29) is 49.2 Å². The summed E-state index contributed by atoms with van der Waals surface area (Å²) >= 11 is 5.76. The monoisotopic (exact) mass is 498 g/mol. The van der Waals surface area contributed by atoms with Gasteiger partial charge < -0.3 is 15.3 Å². The maximum absolute atomic E-state index is 14.0. The summed E-state index contributed by atoms with van der Waals surface area (Å²) in [5.41, 5.74) is -4.11. The molecule has 0 bridgehead atoms. The van der Waals surface area contributed by atoms with E-state index in [1.807, 2.05) is 0 Å². The van der Waals surface area contributed by atoms with Gasteiger partial charge in [-0.15, -0.1) is 0 Å². The van der Waals surface area contributed by atoms with Gasteiger partial charge in [0.25, 0.3) is 11.5 Å². The van der Waals surface area contributed by atoms with Gasteiger partial charge in [0.15, 0.2) is 0 Å². The zero-order valence-corrected chi connectivity index (χ0v) is 18.8. The lowest BCUT2D eigenvalue weighted by atomic mass is 9.62. The van der Waals surface area contributed by atoms with Gasteiger partial charge in [0.1, 0.15) is 5.82 Å². The van der Waals surface area contributed by atoms with Gasteiger partial charge in [-0.05, 0) is 48.1 Å². The number of hydrogen-bond donors (Lipinski definition) is 2. The molecule has 2 amide bonds. The number of carbonyl (C=O) groups excluding carboxylic acids is 2. The third-order valence-corrected chi connectivity index (χ3v) is 7.31. The Kier molecular flexibility index (Phi) is 6.37. The van der Waals surface area contributed by atoms with Crippen LogP contribution in [-0.4, -0.2) is 47.6 Å². The van der Waals surface area contributed by atoms with Crippen LogP contribution in [0.3, 0.4) is 0 Å². The standard InChI is InChI=1S/C24H23ClF4N2O3/c25-17-5-3-16(4-6-17)23(34,24(27,28)29)21(33)31-11-9-22(10-12-31)13-20(32)30-14-19(22)15-1-7-18(26)8-2-15/h1-8,19,34H,9-14H2,(H,30,32)/t19-,23-/m1/s1. The lowest BCUT2D eigenvalue weighted by Gasteiger charge is -2.50. The van der Waals surface area contributed by atoms with E-state index in [4.69, 9.17) is 11.6 Å². The Balaban J connectivity index is 1.59. The van der Waals surface area contributed by atoms with Gasteiger partial charge in [-0.3, -0.25) is 9.59 Å². The Morgan fingerprint density at radius 1 is 1.06 bits per heavy atom. The molecule has 2 N–H and O–H groups in total. The molecule has 0 unspecified atom stereocenters.